The zero-order valence-corrected chi connectivity index (χ0v) is 13.0. The molecule has 3 N–H and O–H groups in total. The molecule has 0 radical (unpaired) electrons. The minimum Gasteiger partial charge on any atom is -0.444 e. The maximum Gasteiger partial charge on any atom is 0.408 e. The number of para-hydroxylation sites is 1. The number of ether oxygens (including phenoxy) is 1. The predicted octanol–water partition coefficient (Wildman–Crippen LogP) is 2.70. The first-order valence-corrected chi connectivity index (χ1v) is 7.05. The molecule has 1 unspecified atom stereocenters. The molecular weight excluding hydrogens is 266 g/mol. The third-order valence-electron chi connectivity index (χ3n) is 3.23. The number of rotatable bonds is 3. The van der Waals surface area contributed by atoms with Crippen molar-refractivity contribution in [3.8, 4) is 0 Å². The first-order chi connectivity index (χ1) is 9.81. The van der Waals surface area contributed by atoms with Crippen LogP contribution < -0.4 is 11.1 Å². The Bertz CT molecular complexity index is 640. The highest BCUT2D eigenvalue weighted by Crippen LogP contribution is 2.25. The molecule has 0 fully saturated rings. The Morgan fingerprint density at radius 2 is 2.05 bits per heavy atom. The lowest BCUT2D eigenvalue weighted by molar-refractivity contribution is 0.0505. The van der Waals surface area contributed by atoms with Crippen LogP contribution in [0.1, 0.15) is 32.4 Å². The first-order valence-electron chi connectivity index (χ1n) is 7.05. The fourth-order valence-electron chi connectivity index (χ4n) is 2.36. The van der Waals surface area contributed by atoms with E-state index in [-0.39, 0.29) is 6.04 Å². The molecule has 2 rings (SSSR count). The summed E-state index contributed by atoms with van der Waals surface area (Å²) in [6.07, 6.45) is 1.55. The molecule has 1 aromatic heterocycles. The van der Waals surface area contributed by atoms with Gasteiger partial charge in [0.25, 0.3) is 0 Å². The second-order valence-electron chi connectivity index (χ2n) is 6.15. The monoisotopic (exact) mass is 289 g/mol. The molecule has 0 saturated carbocycles. The van der Waals surface area contributed by atoms with Crippen molar-refractivity contribution in [2.45, 2.75) is 32.4 Å². The van der Waals surface area contributed by atoms with E-state index >= 15 is 0 Å². The van der Waals surface area contributed by atoms with Crippen LogP contribution in [0, 0.1) is 0 Å². The number of nitrogens with zero attached hydrogens (tertiary/aromatic N) is 1. The van der Waals surface area contributed by atoms with Crippen LogP contribution in [-0.2, 0) is 11.8 Å². The number of nitrogens with two attached hydrogens (primary N) is 1. The normalized spacial score (nSPS) is 13.2. The van der Waals surface area contributed by atoms with Gasteiger partial charge in [-0.2, -0.15) is 0 Å². The van der Waals surface area contributed by atoms with E-state index in [9.17, 15) is 4.79 Å². The number of benzene rings is 1. The van der Waals surface area contributed by atoms with Gasteiger partial charge >= 0.3 is 6.09 Å². The molecule has 5 nitrogen and oxygen atoms in total. The van der Waals surface area contributed by atoms with Gasteiger partial charge < -0.3 is 20.4 Å². The first kappa shape index (κ1) is 15.4. The van der Waals surface area contributed by atoms with Crippen molar-refractivity contribution in [1.29, 1.82) is 0 Å². The van der Waals surface area contributed by atoms with E-state index in [1.807, 2.05) is 62.8 Å². The smallest absolute Gasteiger partial charge is 0.408 e. The molecule has 114 valence electrons. The number of carbonyl (C=O) groups excluding carboxylic acids is 1. The Hall–Kier alpha value is -2.01. The number of aromatic nitrogens is 1. The van der Waals surface area contributed by atoms with Crippen LogP contribution in [-0.4, -0.2) is 22.8 Å². The van der Waals surface area contributed by atoms with Crippen LogP contribution in [0.25, 0.3) is 10.9 Å². The summed E-state index contributed by atoms with van der Waals surface area (Å²) in [6.45, 7) is 5.82. The number of nitrogens with one attached hydrogen (secondary N) is 1. The predicted molar refractivity (Wildman–Crippen MR) is 84.1 cm³/mol. The zero-order chi connectivity index (χ0) is 15.6. The molecule has 1 amide bonds. The summed E-state index contributed by atoms with van der Waals surface area (Å²) >= 11 is 0. The van der Waals surface area contributed by atoms with Crippen LogP contribution >= 0.6 is 0 Å². The van der Waals surface area contributed by atoms with Crippen LogP contribution in [0.2, 0.25) is 0 Å². The highest BCUT2D eigenvalue weighted by Gasteiger charge is 2.22. The lowest BCUT2D eigenvalue weighted by atomic mass is 10.1. The number of amides is 1. The number of hydrogen-bond donors (Lipinski definition) is 2. The molecular formula is C16H23N3O2. The third kappa shape index (κ3) is 3.55. The molecule has 1 heterocycles. The van der Waals surface area contributed by atoms with Gasteiger partial charge in [-0.1, -0.05) is 18.2 Å². The van der Waals surface area contributed by atoms with E-state index in [4.69, 9.17) is 10.5 Å². The van der Waals surface area contributed by atoms with Crippen LogP contribution in [0.15, 0.2) is 30.5 Å². The van der Waals surface area contributed by atoms with Gasteiger partial charge in [-0.25, -0.2) is 4.79 Å². The van der Waals surface area contributed by atoms with Gasteiger partial charge in [-0.05, 0) is 26.8 Å². The average Bonchev–Trinajstić information content (AvgIpc) is 2.72. The van der Waals surface area contributed by atoms with Crippen molar-refractivity contribution in [2.24, 2.45) is 12.8 Å². The fourth-order valence-corrected chi connectivity index (χ4v) is 2.36. The number of hydrogen-bond acceptors (Lipinski definition) is 3. The number of fused-ring (bicyclic) bond motifs is 1. The Balaban J connectivity index is 2.26. The van der Waals surface area contributed by atoms with Crippen molar-refractivity contribution < 1.29 is 9.53 Å². The number of alkyl carbamates (subject to hydrolysis) is 1. The van der Waals surface area contributed by atoms with E-state index in [2.05, 4.69) is 5.32 Å². The van der Waals surface area contributed by atoms with Crippen molar-refractivity contribution in [2.75, 3.05) is 6.54 Å². The lowest BCUT2D eigenvalue weighted by Crippen LogP contribution is -2.37. The van der Waals surface area contributed by atoms with Crippen molar-refractivity contribution in [1.82, 2.24) is 9.88 Å². The summed E-state index contributed by atoms with van der Waals surface area (Å²) in [7, 11) is 1.98. The largest absolute Gasteiger partial charge is 0.444 e. The standard InChI is InChI=1S/C16H23N3O2/c1-16(2,3)21-15(20)18-13(9-17)12-10-19(4)14-8-6-5-7-11(12)14/h5-8,10,13H,9,17H2,1-4H3,(H,18,20). The topological polar surface area (TPSA) is 69.3 Å². The van der Waals surface area contributed by atoms with Crippen molar-refractivity contribution in [3.63, 3.8) is 0 Å². The molecule has 0 spiro atoms. The molecule has 21 heavy (non-hydrogen) atoms. The van der Waals surface area contributed by atoms with E-state index in [0.717, 1.165) is 16.5 Å². The minimum atomic E-state index is -0.526. The van der Waals surface area contributed by atoms with E-state index < -0.39 is 11.7 Å². The second kappa shape index (κ2) is 5.77. The summed E-state index contributed by atoms with van der Waals surface area (Å²) in [5.41, 5.74) is 7.42. The fraction of sp³-hybridized carbons (Fsp3) is 0.438. The number of aryl methyl sites for hydroxylation is 1. The van der Waals surface area contributed by atoms with Crippen LogP contribution in [0.3, 0.4) is 0 Å². The molecule has 0 aliphatic carbocycles. The molecule has 0 aliphatic rings. The van der Waals surface area contributed by atoms with Crippen molar-refractivity contribution >= 4 is 17.0 Å². The Labute approximate surface area is 125 Å². The van der Waals surface area contributed by atoms with E-state index in [1.165, 1.54) is 0 Å². The Morgan fingerprint density at radius 3 is 2.67 bits per heavy atom. The van der Waals surface area contributed by atoms with Crippen LogP contribution in [0.4, 0.5) is 4.79 Å². The van der Waals surface area contributed by atoms with Gasteiger partial charge in [-0.15, -0.1) is 0 Å². The quantitative estimate of drug-likeness (QED) is 0.912. The molecule has 1 aromatic carbocycles. The van der Waals surface area contributed by atoms with Gasteiger partial charge in [0.1, 0.15) is 5.60 Å². The highest BCUT2D eigenvalue weighted by molar-refractivity contribution is 5.85. The molecule has 1 atom stereocenters. The summed E-state index contributed by atoms with van der Waals surface area (Å²) < 4.78 is 7.33. The highest BCUT2D eigenvalue weighted by atomic mass is 16.6. The molecule has 5 heteroatoms. The van der Waals surface area contributed by atoms with E-state index in [0.29, 0.717) is 6.54 Å². The molecule has 0 aliphatic heterocycles. The van der Waals surface area contributed by atoms with E-state index in [1.54, 1.807) is 0 Å². The molecule has 2 aromatic rings. The van der Waals surface area contributed by atoms with Gasteiger partial charge in [0.15, 0.2) is 0 Å². The molecule has 0 bridgehead atoms. The maximum absolute atomic E-state index is 11.9. The Kier molecular flexibility index (Phi) is 4.23. The van der Waals surface area contributed by atoms with Crippen LogP contribution in [0.5, 0.6) is 0 Å². The maximum atomic E-state index is 11.9. The average molecular weight is 289 g/mol. The van der Waals surface area contributed by atoms with Gasteiger partial charge in [0.05, 0.1) is 6.04 Å². The molecule has 0 saturated heterocycles. The van der Waals surface area contributed by atoms with Gasteiger partial charge in [0.2, 0.25) is 0 Å². The summed E-state index contributed by atoms with van der Waals surface area (Å²) in [5.74, 6) is 0. The zero-order valence-electron chi connectivity index (χ0n) is 13.0. The van der Waals surface area contributed by atoms with Crippen molar-refractivity contribution in [3.05, 3.63) is 36.0 Å². The Morgan fingerprint density at radius 1 is 1.38 bits per heavy atom. The lowest BCUT2D eigenvalue weighted by Gasteiger charge is -2.23. The number of carbonyl (C=O) groups is 1. The SMILES string of the molecule is Cn1cc(C(CN)NC(=O)OC(C)(C)C)c2ccccc21. The summed E-state index contributed by atoms with van der Waals surface area (Å²) in [4.78, 5) is 11.9. The minimum absolute atomic E-state index is 0.272. The van der Waals surface area contributed by atoms with Gasteiger partial charge in [0, 0.05) is 36.3 Å². The summed E-state index contributed by atoms with van der Waals surface area (Å²) in [5, 5.41) is 3.93. The second-order valence-corrected chi connectivity index (χ2v) is 6.15. The van der Waals surface area contributed by atoms with Gasteiger partial charge in [-0.3, -0.25) is 0 Å². The third-order valence-corrected chi connectivity index (χ3v) is 3.23. The summed E-state index contributed by atoms with van der Waals surface area (Å²) in [6, 6.07) is 7.77.